The highest BCUT2D eigenvalue weighted by molar-refractivity contribution is 5.99. The molecule has 0 aliphatic rings. The minimum atomic E-state index is -1.24. The van der Waals surface area contributed by atoms with E-state index in [1.165, 1.54) is 0 Å². The molecule has 0 aromatic carbocycles. The van der Waals surface area contributed by atoms with E-state index in [4.69, 9.17) is 9.47 Å². The maximum atomic E-state index is 11.9. The van der Waals surface area contributed by atoms with Gasteiger partial charge in [-0.1, -0.05) is 40.5 Å². The van der Waals surface area contributed by atoms with Crippen LogP contribution in [0.2, 0.25) is 0 Å². The molecule has 0 aromatic heterocycles. The Morgan fingerprint density at radius 3 is 1.89 bits per heavy atom. The van der Waals surface area contributed by atoms with Crippen molar-refractivity contribution in [1.82, 2.24) is 0 Å². The molecule has 0 amide bonds. The van der Waals surface area contributed by atoms with Gasteiger partial charge in [0.2, 0.25) is 0 Å². The molecule has 112 valence electrons. The van der Waals surface area contributed by atoms with Crippen LogP contribution in [0, 0.1) is 10.8 Å². The molecule has 0 aliphatic carbocycles. The smallest absolute Gasteiger partial charge is 0.322 e. The molecule has 0 radical (unpaired) electrons. The third-order valence-electron chi connectivity index (χ3n) is 2.64. The van der Waals surface area contributed by atoms with Crippen LogP contribution < -0.4 is 0 Å². The molecule has 0 unspecified atom stereocenters. The van der Waals surface area contributed by atoms with Crippen molar-refractivity contribution in [2.75, 3.05) is 13.2 Å². The summed E-state index contributed by atoms with van der Waals surface area (Å²) in [7, 11) is 0. The first kappa shape index (κ1) is 17.9. The van der Waals surface area contributed by atoms with Crippen molar-refractivity contribution in [1.29, 1.82) is 0 Å². The maximum absolute atomic E-state index is 11.9. The van der Waals surface area contributed by atoms with E-state index in [0.717, 1.165) is 19.3 Å². The van der Waals surface area contributed by atoms with Gasteiger partial charge < -0.3 is 9.47 Å². The van der Waals surface area contributed by atoms with Crippen molar-refractivity contribution < 1.29 is 19.1 Å². The summed E-state index contributed by atoms with van der Waals surface area (Å²) in [6, 6.07) is 0. The van der Waals surface area contributed by atoms with Crippen molar-refractivity contribution in [3.63, 3.8) is 0 Å². The van der Waals surface area contributed by atoms with Crippen LogP contribution in [-0.4, -0.2) is 25.2 Å². The fourth-order valence-electron chi connectivity index (χ4n) is 1.24. The summed E-state index contributed by atoms with van der Waals surface area (Å²) in [4.78, 5) is 23.8. The highest BCUT2D eigenvalue weighted by atomic mass is 16.6. The molecular formula is C15H28O4. The van der Waals surface area contributed by atoms with Gasteiger partial charge in [0.05, 0.1) is 13.2 Å². The van der Waals surface area contributed by atoms with E-state index in [9.17, 15) is 9.59 Å². The Bertz CT molecular complexity index is 300. The average Bonchev–Trinajstić information content (AvgIpc) is 2.30. The molecule has 0 aliphatic heterocycles. The molecule has 0 heterocycles. The number of ether oxygens (including phenoxy) is 2. The Balaban J connectivity index is 4.26. The summed E-state index contributed by atoms with van der Waals surface area (Å²) in [6.45, 7) is 11.7. The molecule has 0 bridgehead atoms. The number of rotatable bonds is 7. The highest BCUT2D eigenvalue weighted by Crippen LogP contribution is 2.22. The Morgan fingerprint density at radius 1 is 0.895 bits per heavy atom. The van der Waals surface area contributed by atoms with Crippen molar-refractivity contribution in [3.05, 3.63) is 0 Å². The molecule has 4 nitrogen and oxygen atoms in total. The van der Waals surface area contributed by atoms with E-state index in [0.29, 0.717) is 13.2 Å². The fourth-order valence-corrected chi connectivity index (χ4v) is 1.24. The molecule has 0 N–H and O–H groups in total. The lowest BCUT2D eigenvalue weighted by atomic mass is 9.93. The number of unbranched alkanes of at least 4 members (excludes halogenated alkanes) is 2. The zero-order chi connectivity index (χ0) is 15.1. The Labute approximate surface area is 116 Å². The Hall–Kier alpha value is -1.06. The lowest BCUT2D eigenvalue weighted by molar-refractivity contribution is -0.171. The van der Waals surface area contributed by atoms with Crippen molar-refractivity contribution in [3.8, 4) is 0 Å². The number of carbonyl (C=O) groups is 2. The summed E-state index contributed by atoms with van der Waals surface area (Å²) >= 11 is 0. The van der Waals surface area contributed by atoms with Gasteiger partial charge in [-0.2, -0.15) is 0 Å². The van der Waals surface area contributed by atoms with Crippen molar-refractivity contribution >= 4 is 11.9 Å². The number of esters is 2. The minimum absolute atomic E-state index is 0.114. The lowest BCUT2D eigenvalue weighted by Crippen LogP contribution is -2.38. The van der Waals surface area contributed by atoms with Crippen LogP contribution in [0.15, 0.2) is 0 Å². The SMILES string of the molecule is CCCCCOC(=O)C(C)(C)C(=O)OCC(C)(C)C. The van der Waals surface area contributed by atoms with Crippen molar-refractivity contribution in [2.24, 2.45) is 10.8 Å². The molecule has 0 saturated carbocycles. The van der Waals surface area contributed by atoms with Crippen LogP contribution in [0.4, 0.5) is 0 Å². The van der Waals surface area contributed by atoms with Gasteiger partial charge in [0.15, 0.2) is 5.41 Å². The maximum Gasteiger partial charge on any atom is 0.322 e. The quantitative estimate of drug-likeness (QED) is 0.405. The Kier molecular flexibility index (Phi) is 7.09. The van der Waals surface area contributed by atoms with Gasteiger partial charge in [0, 0.05) is 0 Å². The molecule has 0 aromatic rings. The third kappa shape index (κ3) is 7.19. The fraction of sp³-hybridized carbons (Fsp3) is 0.867. The summed E-state index contributed by atoms with van der Waals surface area (Å²) in [6.07, 6.45) is 2.91. The third-order valence-corrected chi connectivity index (χ3v) is 2.64. The largest absolute Gasteiger partial charge is 0.465 e. The molecule has 0 spiro atoms. The lowest BCUT2D eigenvalue weighted by Gasteiger charge is -2.24. The van der Waals surface area contributed by atoms with E-state index < -0.39 is 17.4 Å². The molecule has 4 heteroatoms. The van der Waals surface area contributed by atoms with E-state index in [1.54, 1.807) is 13.8 Å². The second-order valence-corrected chi connectivity index (χ2v) is 6.60. The first-order chi connectivity index (χ1) is 8.61. The predicted molar refractivity (Wildman–Crippen MR) is 74.7 cm³/mol. The van der Waals surface area contributed by atoms with Gasteiger partial charge in [0.25, 0.3) is 0 Å². The number of carbonyl (C=O) groups excluding carboxylic acids is 2. The minimum Gasteiger partial charge on any atom is -0.465 e. The van der Waals surface area contributed by atoms with Crippen LogP contribution in [-0.2, 0) is 19.1 Å². The predicted octanol–water partition coefficient (Wildman–Crippen LogP) is 3.34. The van der Waals surface area contributed by atoms with Gasteiger partial charge >= 0.3 is 11.9 Å². The summed E-state index contributed by atoms with van der Waals surface area (Å²) in [5, 5.41) is 0. The van der Waals surface area contributed by atoms with E-state index in [1.807, 2.05) is 20.8 Å². The average molecular weight is 272 g/mol. The van der Waals surface area contributed by atoms with Crippen LogP contribution in [0.3, 0.4) is 0 Å². The van der Waals surface area contributed by atoms with E-state index in [2.05, 4.69) is 6.92 Å². The van der Waals surface area contributed by atoms with Crippen LogP contribution in [0.25, 0.3) is 0 Å². The summed E-state index contributed by atoms with van der Waals surface area (Å²) in [5.74, 6) is -1.04. The molecular weight excluding hydrogens is 244 g/mol. The van der Waals surface area contributed by atoms with Crippen LogP contribution in [0.1, 0.15) is 60.8 Å². The van der Waals surface area contributed by atoms with Gasteiger partial charge in [0.1, 0.15) is 0 Å². The molecule has 0 atom stereocenters. The van der Waals surface area contributed by atoms with Gasteiger partial charge in [-0.05, 0) is 25.7 Å². The first-order valence-electron chi connectivity index (χ1n) is 6.95. The van der Waals surface area contributed by atoms with Crippen LogP contribution >= 0.6 is 0 Å². The number of hydrogen-bond donors (Lipinski definition) is 0. The number of hydrogen-bond acceptors (Lipinski definition) is 4. The summed E-state index contributed by atoms with van der Waals surface area (Å²) < 4.78 is 10.3. The van der Waals surface area contributed by atoms with Gasteiger partial charge in [-0.3, -0.25) is 9.59 Å². The molecule has 19 heavy (non-hydrogen) atoms. The zero-order valence-corrected chi connectivity index (χ0v) is 13.2. The first-order valence-corrected chi connectivity index (χ1v) is 6.95. The molecule has 0 saturated heterocycles. The molecule has 0 fully saturated rings. The highest BCUT2D eigenvalue weighted by Gasteiger charge is 2.39. The Morgan fingerprint density at radius 2 is 1.42 bits per heavy atom. The van der Waals surface area contributed by atoms with E-state index >= 15 is 0 Å². The van der Waals surface area contributed by atoms with Gasteiger partial charge in [-0.15, -0.1) is 0 Å². The molecule has 0 rings (SSSR count). The van der Waals surface area contributed by atoms with Crippen molar-refractivity contribution in [2.45, 2.75) is 60.8 Å². The topological polar surface area (TPSA) is 52.6 Å². The standard InChI is InChI=1S/C15H28O4/c1-7-8-9-10-18-12(16)15(5,6)13(17)19-11-14(2,3)4/h7-11H2,1-6H3. The van der Waals surface area contributed by atoms with Crippen LogP contribution in [0.5, 0.6) is 0 Å². The normalized spacial score (nSPS) is 12.1. The monoisotopic (exact) mass is 272 g/mol. The second kappa shape index (κ2) is 7.51. The van der Waals surface area contributed by atoms with E-state index in [-0.39, 0.29) is 5.41 Å². The zero-order valence-electron chi connectivity index (χ0n) is 13.2. The van der Waals surface area contributed by atoms with Gasteiger partial charge in [-0.25, -0.2) is 0 Å². The second-order valence-electron chi connectivity index (χ2n) is 6.60. The summed E-state index contributed by atoms with van der Waals surface area (Å²) in [5.41, 5.74) is -1.35.